The molecule has 3 N–H and O–H groups in total. The Morgan fingerprint density at radius 3 is 2.55 bits per heavy atom. The number of hydrogen-bond donors (Lipinski definition) is 2. The monoisotopic (exact) mass is 271 g/mol. The van der Waals surface area contributed by atoms with Crippen LogP contribution in [0.2, 0.25) is 0 Å². The van der Waals surface area contributed by atoms with Crippen LogP contribution >= 0.6 is 0 Å². The summed E-state index contributed by atoms with van der Waals surface area (Å²) >= 11 is 0. The minimum Gasteiger partial charge on any atom is -0.350 e. The van der Waals surface area contributed by atoms with E-state index in [4.69, 9.17) is 11.0 Å². The van der Waals surface area contributed by atoms with Crippen LogP contribution < -0.4 is 11.1 Å². The molecule has 1 saturated carbocycles. The quantitative estimate of drug-likeness (QED) is 0.862. The van der Waals surface area contributed by atoms with Crippen LogP contribution in [0.15, 0.2) is 24.3 Å². The van der Waals surface area contributed by atoms with Crippen LogP contribution in [0, 0.1) is 16.7 Å². The number of carbonyl (C=O) groups excluding carboxylic acids is 1. The van der Waals surface area contributed by atoms with Crippen molar-refractivity contribution in [2.24, 2.45) is 11.1 Å². The van der Waals surface area contributed by atoms with Crippen LogP contribution in [0.25, 0.3) is 0 Å². The predicted octanol–water partition coefficient (Wildman–Crippen LogP) is 2.25. The average molecular weight is 271 g/mol. The van der Waals surface area contributed by atoms with E-state index in [1.54, 1.807) is 12.1 Å². The summed E-state index contributed by atoms with van der Waals surface area (Å²) in [6, 6.07) is 9.34. The van der Waals surface area contributed by atoms with E-state index in [1.165, 1.54) is 6.42 Å². The number of benzene rings is 1. The summed E-state index contributed by atoms with van der Waals surface area (Å²) in [6.45, 7) is 2.54. The first kappa shape index (κ1) is 14.5. The molecule has 0 saturated heterocycles. The Labute approximate surface area is 120 Å². The maximum atomic E-state index is 12.1. The molecule has 1 atom stereocenters. The van der Waals surface area contributed by atoms with Gasteiger partial charge in [-0.05, 0) is 49.4 Å². The summed E-state index contributed by atoms with van der Waals surface area (Å²) in [5.41, 5.74) is 7.45. The van der Waals surface area contributed by atoms with Crippen molar-refractivity contribution in [1.29, 1.82) is 5.26 Å². The molecule has 20 heavy (non-hydrogen) atoms. The van der Waals surface area contributed by atoms with E-state index < -0.39 is 0 Å². The van der Waals surface area contributed by atoms with Gasteiger partial charge in [-0.2, -0.15) is 5.26 Å². The van der Waals surface area contributed by atoms with Crippen molar-refractivity contribution >= 4 is 5.91 Å². The molecule has 1 aromatic carbocycles. The topological polar surface area (TPSA) is 78.9 Å². The van der Waals surface area contributed by atoms with Gasteiger partial charge in [-0.25, -0.2) is 0 Å². The van der Waals surface area contributed by atoms with E-state index in [-0.39, 0.29) is 17.4 Å². The highest BCUT2D eigenvalue weighted by molar-refractivity contribution is 5.77. The summed E-state index contributed by atoms with van der Waals surface area (Å²) < 4.78 is 0. The summed E-state index contributed by atoms with van der Waals surface area (Å²) in [6.07, 6.45) is 3.81. The van der Waals surface area contributed by atoms with Crippen LogP contribution in [0.1, 0.15) is 49.8 Å². The molecular weight excluding hydrogens is 250 g/mol. The molecule has 1 aromatic rings. The minimum atomic E-state index is -0.0508. The smallest absolute Gasteiger partial charge is 0.221 e. The van der Waals surface area contributed by atoms with Crippen LogP contribution in [-0.2, 0) is 4.79 Å². The van der Waals surface area contributed by atoms with E-state index in [9.17, 15) is 4.79 Å². The standard InChI is InChI=1S/C16H21N3O/c1-12(14-5-3-13(10-17)4-6-14)19-15(20)9-16(11-18)7-2-8-16/h3-6,12H,2,7-9,11,18H2,1H3,(H,19,20). The van der Waals surface area contributed by atoms with Crippen molar-refractivity contribution < 1.29 is 4.79 Å². The Morgan fingerprint density at radius 1 is 1.45 bits per heavy atom. The molecule has 4 nitrogen and oxygen atoms in total. The molecule has 1 amide bonds. The largest absolute Gasteiger partial charge is 0.350 e. The Hall–Kier alpha value is -1.86. The Morgan fingerprint density at radius 2 is 2.10 bits per heavy atom. The van der Waals surface area contributed by atoms with Gasteiger partial charge in [0, 0.05) is 6.42 Å². The van der Waals surface area contributed by atoms with Gasteiger partial charge in [0.1, 0.15) is 0 Å². The zero-order valence-electron chi connectivity index (χ0n) is 11.9. The number of nitriles is 1. The van der Waals surface area contributed by atoms with Crippen molar-refractivity contribution in [2.75, 3.05) is 6.54 Å². The van der Waals surface area contributed by atoms with Crippen molar-refractivity contribution in [2.45, 2.75) is 38.6 Å². The summed E-state index contributed by atoms with van der Waals surface area (Å²) in [5.74, 6) is 0.0620. The van der Waals surface area contributed by atoms with E-state index in [1.807, 2.05) is 19.1 Å². The average Bonchev–Trinajstić information content (AvgIpc) is 2.43. The first-order valence-electron chi connectivity index (χ1n) is 7.08. The highest BCUT2D eigenvalue weighted by Gasteiger charge is 2.37. The van der Waals surface area contributed by atoms with Gasteiger partial charge in [-0.15, -0.1) is 0 Å². The van der Waals surface area contributed by atoms with Crippen molar-refractivity contribution in [3.63, 3.8) is 0 Å². The van der Waals surface area contributed by atoms with E-state index in [0.717, 1.165) is 18.4 Å². The fourth-order valence-electron chi connectivity index (χ4n) is 2.69. The Balaban J connectivity index is 1.91. The van der Waals surface area contributed by atoms with Gasteiger partial charge in [0.2, 0.25) is 5.91 Å². The van der Waals surface area contributed by atoms with Gasteiger partial charge < -0.3 is 11.1 Å². The van der Waals surface area contributed by atoms with Crippen molar-refractivity contribution in [1.82, 2.24) is 5.32 Å². The molecule has 0 spiro atoms. The van der Waals surface area contributed by atoms with Gasteiger partial charge in [0.15, 0.2) is 0 Å². The third-order valence-corrected chi connectivity index (χ3v) is 4.30. The summed E-state index contributed by atoms with van der Waals surface area (Å²) in [4.78, 5) is 12.1. The molecular formula is C16H21N3O. The number of rotatable bonds is 5. The second kappa shape index (κ2) is 6.06. The SMILES string of the molecule is CC(NC(=O)CC1(CN)CCC1)c1ccc(C#N)cc1. The molecule has 1 aliphatic carbocycles. The van der Waals surface area contributed by atoms with Gasteiger partial charge in [0.05, 0.1) is 17.7 Å². The van der Waals surface area contributed by atoms with Gasteiger partial charge in [-0.3, -0.25) is 4.79 Å². The molecule has 1 aliphatic rings. The number of nitrogens with two attached hydrogens (primary N) is 1. The second-order valence-electron chi connectivity index (χ2n) is 5.76. The molecule has 2 rings (SSSR count). The molecule has 106 valence electrons. The van der Waals surface area contributed by atoms with Crippen LogP contribution in [0.3, 0.4) is 0 Å². The number of amides is 1. The Bertz CT molecular complexity index is 506. The zero-order valence-corrected chi connectivity index (χ0v) is 11.9. The van der Waals surface area contributed by atoms with Crippen LogP contribution in [0.5, 0.6) is 0 Å². The van der Waals surface area contributed by atoms with Crippen LogP contribution in [0.4, 0.5) is 0 Å². The number of nitrogens with one attached hydrogen (secondary N) is 1. The first-order valence-corrected chi connectivity index (χ1v) is 7.08. The van der Waals surface area contributed by atoms with Gasteiger partial charge in [-0.1, -0.05) is 18.6 Å². The molecule has 1 fully saturated rings. The first-order chi connectivity index (χ1) is 9.58. The summed E-state index contributed by atoms with van der Waals surface area (Å²) in [7, 11) is 0. The lowest BCUT2D eigenvalue weighted by atomic mass is 9.66. The number of carbonyl (C=O) groups is 1. The molecule has 0 radical (unpaired) electrons. The molecule has 0 heterocycles. The normalized spacial score (nSPS) is 17.6. The third-order valence-electron chi connectivity index (χ3n) is 4.30. The highest BCUT2D eigenvalue weighted by atomic mass is 16.1. The number of nitrogens with zero attached hydrogens (tertiary/aromatic N) is 1. The third kappa shape index (κ3) is 3.17. The minimum absolute atomic E-state index is 0.0362. The fraction of sp³-hybridized carbons (Fsp3) is 0.500. The molecule has 0 aromatic heterocycles. The van der Waals surface area contributed by atoms with E-state index >= 15 is 0 Å². The zero-order chi connectivity index (χ0) is 14.6. The lowest BCUT2D eigenvalue weighted by molar-refractivity contribution is -0.125. The van der Waals surface area contributed by atoms with Gasteiger partial charge in [0.25, 0.3) is 0 Å². The molecule has 4 heteroatoms. The van der Waals surface area contributed by atoms with Crippen molar-refractivity contribution in [3.8, 4) is 6.07 Å². The molecule has 1 unspecified atom stereocenters. The van der Waals surface area contributed by atoms with E-state index in [2.05, 4.69) is 11.4 Å². The predicted molar refractivity (Wildman–Crippen MR) is 77.7 cm³/mol. The maximum Gasteiger partial charge on any atom is 0.221 e. The van der Waals surface area contributed by atoms with E-state index in [0.29, 0.717) is 18.5 Å². The molecule has 0 aliphatic heterocycles. The lowest BCUT2D eigenvalue weighted by Gasteiger charge is -2.40. The van der Waals surface area contributed by atoms with Crippen LogP contribution in [-0.4, -0.2) is 12.5 Å². The fourth-order valence-corrected chi connectivity index (χ4v) is 2.69. The lowest BCUT2D eigenvalue weighted by Crippen LogP contribution is -2.42. The second-order valence-corrected chi connectivity index (χ2v) is 5.76. The number of hydrogen-bond acceptors (Lipinski definition) is 3. The maximum absolute atomic E-state index is 12.1. The van der Waals surface area contributed by atoms with Gasteiger partial charge >= 0.3 is 0 Å². The Kier molecular flexibility index (Phi) is 4.41. The molecule has 0 bridgehead atoms. The summed E-state index contributed by atoms with van der Waals surface area (Å²) in [5, 5.41) is 11.8. The van der Waals surface area contributed by atoms with Crippen molar-refractivity contribution in [3.05, 3.63) is 35.4 Å². The highest BCUT2D eigenvalue weighted by Crippen LogP contribution is 2.42.